The summed E-state index contributed by atoms with van der Waals surface area (Å²) in [6, 6.07) is 3.67. The van der Waals surface area contributed by atoms with E-state index in [2.05, 4.69) is 15.9 Å². The van der Waals surface area contributed by atoms with Crippen molar-refractivity contribution in [1.82, 2.24) is 0 Å². The van der Waals surface area contributed by atoms with Crippen LogP contribution in [0.2, 0.25) is 5.02 Å². The number of esters is 2. The van der Waals surface area contributed by atoms with Crippen molar-refractivity contribution in [2.75, 3.05) is 6.26 Å². The maximum atomic E-state index is 11.6. The Balaban J connectivity index is 2.49. The highest BCUT2D eigenvalue weighted by molar-refractivity contribution is 9.08. The summed E-state index contributed by atoms with van der Waals surface area (Å²) >= 11 is 11.0. The lowest BCUT2D eigenvalue weighted by atomic mass is 9.90. The van der Waals surface area contributed by atoms with Crippen molar-refractivity contribution in [2.45, 2.75) is 56.0 Å². The molecular weight excluding hydrogens is 460 g/mol. The molecule has 2 rings (SSSR count). The summed E-state index contributed by atoms with van der Waals surface area (Å²) in [5, 5.41) is 12.0. The van der Waals surface area contributed by atoms with Crippen LogP contribution < -0.4 is 0 Å². The largest absolute Gasteiger partial charge is 0.456 e. The zero-order valence-electron chi connectivity index (χ0n) is 15.4. The Morgan fingerprint density at radius 1 is 1.26 bits per heavy atom. The third kappa shape index (κ3) is 5.17. The van der Waals surface area contributed by atoms with E-state index < -0.39 is 41.8 Å². The molecule has 1 aromatic rings. The number of hydrogen-bond acceptors (Lipinski definition) is 7. The fraction of sp³-hybridized carbons (Fsp3) is 0.556. The number of alkyl halides is 1. The Bertz CT molecular complexity index is 715. The van der Waals surface area contributed by atoms with Crippen LogP contribution >= 0.6 is 39.3 Å². The van der Waals surface area contributed by atoms with Gasteiger partial charge in [-0.2, -0.15) is 0 Å². The van der Waals surface area contributed by atoms with E-state index in [0.29, 0.717) is 10.4 Å². The first-order valence-electron chi connectivity index (χ1n) is 8.25. The van der Waals surface area contributed by atoms with Crippen LogP contribution in [0.3, 0.4) is 0 Å². The van der Waals surface area contributed by atoms with Crippen molar-refractivity contribution in [2.24, 2.45) is 0 Å². The third-order valence-electron chi connectivity index (χ3n) is 4.24. The van der Waals surface area contributed by atoms with E-state index >= 15 is 0 Å². The summed E-state index contributed by atoms with van der Waals surface area (Å²) < 4.78 is 16.7. The van der Waals surface area contributed by atoms with E-state index in [0.717, 1.165) is 16.7 Å². The van der Waals surface area contributed by atoms with Crippen LogP contribution in [-0.2, 0) is 29.1 Å². The van der Waals surface area contributed by atoms with E-state index in [1.54, 1.807) is 12.3 Å². The minimum atomic E-state index is -1.24. The number of aliphatic hydroxyl groups is 1. The van der Waals surface area contributed by atoms with Gasteiger partial charge in [0.25, 0.3) is 0 Å². The summed E-state index contributed by atoms with van der Waals surface area (Å²) in [5.41, 5.74) is 1.81. The Labute approximate surface area is 176 Å². The van der Waals surface area contributed by atoms with Crippen molar-refractivity contribution in [3.63, 3.8) is 0 Å². The zero-order chi connectivity index (χ0) is 20.3. The van der Waals surface area contributed by atoms with Crippen molar-refractivity contribution in [3.05, 3.63) is 33.8 Å². The summed E-state index contributed by atoms with van der Waals surface area (Å²) in [6.07, 6.45) is -2.17. The molecule has 0 aliphatic carbocycles. The van der Waals surface area contributed by atoms with Crippen molar-refractivity contribution in [3.8, 4) is 0 Å². The molecule has 1 heterocycles. The Hall–Kier alpha value is -0.800. The molecular formula is C18H22BrClO6S. The van der Waals surface area contributed by atoms with Gasteiger partial charge >= 0.3 is 11.9 Å². The fourth-order valence-corrected chi connectivity index (χ4v) is 4.68. The maximum absolute atomic E-state index is 11.6. The normalized spacial score (nSPS) is 27.9. The van der Waals surface area contributed by atoms with Gasteiger partial charge in [0.2, 0.25) is 0 Å². The van der Waals surface area contributed by atoms with Gasteiger partial charge in [-0.3, -0.25) is 9.59 Å². The number of ether oxygens (including phenoxy) is 3. The van der Waals surface area contributed by atoms with E-state index in [1.807, 2.05) is 13.0 Å². The van der Waals surface area contributed by atoms with E-state index in [4.69, 9.17) is 25.8 Å². The first kappa shape index (κ1) is 22.5. The maximum Gasteiger partial charge on any atom is 0.303 e. The van der Waals surface area contributed by atoms with Crippen LogP contribution in [0.5, 0.6) is 0 Å². The molecule has 27 heavy (non-hydrogen) atoms. The first-order valence-corrected chi connectivity index (χ1v) is 11.0. The lowest BCUT2D eigenvalue weighted by Crippen LogP contribution is -2.56. The zero-order valence-corrected chi connectivity index (χ0v) is 18.6. The van der Waals surface area contributed by atoms with Crippen LogP contribution in [0.4, 0.5) is 0 Å². The van der Waals surface area contributed by atoms with Crippen LogP contribution in [0.1, 0.15) is 36.6 Å². The molecule has 0 bridgehead atoms. The number of carbonyl (C=O) groups excluding carboxylic acids is 2. The summed E-state index contributed by atoms with van der Waals surface area (Å²) in [7, 11) is 0. The van der Waals surface area contributed by atoms with Crippen molar-refractivity contribution < 1.29 is 28.9 Å². The highest BCUT2D eigenvalue weighted by Crippen LogP contribution is 2.41. The fourth-order valence-electron chi connectivity index (χ4n) is 3.05. The van der Waals surface area contributed by atoms with Crippen molar-refractivity contribution >= 4 is 51.2 Å². The Morgan fingerprint density at radius 2 is 1.85 bits per heavy atom. The van der Waals surface area contributed by atoms with E-state index in [-0.39, 0.29) is 0 Å². The highest BCUT2D eigenvalue weighted by atomic mass is 79.9. The number of aliphatic hydroxyl groups excluding tert-OH is 1. The molecule has 0 unspecified atom stereocenters. The molecule has 1 aliphatic rings. The summed E-state index contributed by atoms with van der Waals surface area (Å²) in [4.78, 5) is 23.1. The molecule has 9 heteroatoms. The SMILES string of the molecule is CS[C@H]1O[C@@H](c2cc(CBr)c(Cl)cc2C)[C@H](OC(C)=O)[C@@H](O)[C@@H]1OC(C)=O. The van der Waals surface area contributed by atoms with Gasteiger partial charge in [-0.25, -0.2) is 0 Å². The quantitative estimate of drug-likeness (QED) is 0.509. The Morgan fingerprint density at radius 3 is 2.37 bits per heavy atom. The van der Waals surface area contributed by atoms with Crippen molar-refractivity contribution in [1.29, 1.82) is 0 Å². The monoisotopic (exact) mass is 480 g/mol. The van der Waals surface area contributed by atoms with Crippen LogP contribution in [-0.4, -0.2) is 47.0 Å². The molecule has 5 atom stereocenters. The number of rotatable bonds is 5. The minimum Gasteiger partial charge on any atom is -0.456 e. The average molecular weight is 482 g/mol. The van der Waals surface area contributed by atoms with Gasteiger partial charge in [0.05, 0.1) is 0 Å². The van der Waals surface area contributed by atoms with Gasteiger partial charge in [-0.05, 0) is 35.9 Å². The van der Waals surface area contributed by atoms with Gasteiger partial charge in [0.15, 0.2) is 12.2 Å². The summed E-state index contributed by atoms with van der Waals surface area (Å²) in [6.45, 7) is 4.37. The first-order chi connectivity index (χ1) is 12.7. The van der Waals surface area contributed by atoms with Gasteiger partial charge in [0.1, 0.15) is 17.6 Å². The number of thioether (sulfide) groups is 1. The van der Waals surface area contributed by atoms with Gasteiger partial charge in [-0.15, -0.1) is 11.8 Å². The second kappa shape index (κ2) is 9.60. The molecule has 1 saturated heterocycles. The molecule has 6 nitrogen and oxygen atoms in total. The van der Waals surface area contributed by atoms with Crippen LogP contribution in [0.15, 0.2) is 12.1 Å². The molecule has 0 amide bonds. The number of benzene rings is 1. The molecule has 0 aromatic heterocycles. The molecule has 150 valence electrons. The minimum absolute atomic E-state index is 0.536. The molecule has 0 spiro atoms. The van der Waals surface area contributed by atoms with Gasteiger partial charge in [0, 0.05) is 24.2 Å². The average Bonchev–Trinajstić information content (AvgIpc) is 2.58. The smallest absolute Gasteiger partial charge is 0.303 e. The number of halogens is 2. The third-order valence-corrected chi connectivity index (χ3v) is 6.04. The standard InChI is InChI=1S/C18H22BrClO6S/c1-8-5-13(20)11(7-19)6-12(8)15-16(24-9(2)21)14(23)17(25-10(3)22)18(26-15)27-4/h5-6,14-18,23H,7H2,1-4H3/t14-,15+,16-,17+,18-/m1/s1. The summed E-state index contributed by atoms with van der Waals surface area (Å²) in [5.74, 6) is -1.12. The Kier molecular flexibility index (Phi) is 8.00. The molecule has 1 N–H and O–H groups in total. The number of hydrogen-bond donors (Lipinski definition) is 1. The van der Waals surface area contributed by atoms with Gasteiger partial charge in [-0.1, -0.05) is 33.6 Å². The lowest BCUT2D eigenvalue weighted by molar-refractivity contribution is -0.224. The second-order valence-electron chi connectivity index (χ2n) is 6.23. The molecule has 0 saturated carbocycles. The molecule has 1 fully saturated rings. The van der Waals surface area contributed by atoms with E-state index in [1.165, 1.54) is 25.6 Å². The van der Waals surface area contributed by atoms with E-state index in [9.17, 15) is 14.7 Å². The predicted octanol–water partition coefficient (Wildman–Crippen LogP) is 3.53. The molecule has 0 radical (unpaired) electrons. The molecule has 1 aromatic carbocycles. The number of aryl methyl sites for hydroxylation is 1. The number of carbonyl (C=O) groups is 2. The molecule has 1 aliphatic heterocycles. The van der Waals surface area contributed by atoms with Gasteiger partial charge < -0.3 is 19.3 Å². The highest BCUT2D eigenvalue weighted by Gasteiger charge is 2.49. The topological polar surface area (TPSA) is 82.1 Å². The predicted molar refractivity (Wildman–Crippen MR) is 107 cm³/mol. The lowest BCUT2D eigenvalue weighted by Gasteiger charge is -2.43. The second-order valence-corrected chi connectivity index (χ2v) is 8.14. The van der Waals surface area contributed by atoms with Crippen LogP contribution in [0, 0.1) is 6.92 Å². The van der Waals surface area contributed by atoms with Crippen LogP contribution in [0.25, 0.3) is 0 Å².